The molecule has 0 heterocycles. The number of aldehydes is 1. The van der Waals surface area contributed by atoms with Crippen molar-refractivity contribution in [3.8, 4) is 0 Å². The molecule has 0 rings (SSSR count). The predicted molar refractivity (Wildman–Crippen MR) is 73.1 cm³/mol. The summed E-state index contributed by atoms with van der Waals surface area (Å²) in [6.45, 7) is 0. The predicted octanol–water partition coefficient (Wildman–Crippen LogP) is 0.435. The van der Waals surface area contributed by atoms with Gasteiger partial charge in [0.1, 0.15) is 12.3 Å². The van der Waals surface area contributed by atoms with Gasteiger partial charge in [-0.05, 0) is 36.9 Å². The summed E-state index contributed by atoms with van der Waals surface area (Å²) in [5.74, 6) is 1.11. The molecule has 0 aromatic carbocycles. The highest BCUT2D eigenvalue weighted by atomic mass is 32.2. The second kappa shape index (κ2) is 10.9. The van der Waals surface area contributed by atoms with Crippen LogP contribution in [0.1, 0.15) is 12.8 Å². The van der Waals surface area contributed by atoms with Gasteiger partial charge < -0.3 is 15.4 Å². The van der Waals surface area contributed by atoms with Crippen molar-refractivity contribution in [3.05, 3.63) is 0 Å². The summed E-state index contributed by atoms with van der Waals surface area (Å²) in [6.07, 6.45) is 5.82. The van der Waals surface area contributed by atoms with Gasteiger partial charge in [-0.15, -0.1) is 5.48 Å². The summed E-state index contributed by atoms with van der Waals surface area (Å²) in [5, 5.41) is 0. The number of hydroxylamine groups is 1. The largest absolute Gasteiger partial charge is 0.369 e. The zero-order valence-corrected chi connectivity index (χ0v) is 11.8. The monoisotopic (exact) mass is 280 g/mol. The molecule has 7 heteroatoms. The Labute approximate surface area is 111 Å². The Hall–Kier alpha value is -0.240. The number of rotatable bonds is 10. The number of nitrogens with two attached hydrogens (primary N) is 1. The van der Waals surface area contributed by atoms with Crippen molar-refractivity contribution in [2.45, 2.75) is 24.9 Å². The first-order valence-corrected chi connectivity index (χ1v) is 8.09. The van der Waals surface area contributed by atoms with Gasteiger partial charge in [0.05, 0.1) is 6.04 Å². The molecule has 0 aromatic heterocycles. The summed E-state index contributed by atoms with van der Waals surface area (Å²) in [4.78, 5) is 26.9. The van der Waals surface area contributed by atoms with E-state index in [0.717, 1.165) is 17.8 Å². The van der Waals surface area contributed by atoms with E-state index in [-0.39, 0.29) is 0 Å². The zero-order valence-electron chi connectivity index (χ0n) is 10.2. The van der Waals surface area contributed by atoms with Gasteiger partial charge in [-0.2, -0.15) is 23.5 Å². The molecule has 5 nitrogen and oxygen atoms in total. The smallest absolute Gasteiger partial charge is 0.341 e. The van der Waals surface area contributed by atoms with Gasteiger partial charge in [0.2, 0.25) is 0 Å². The first kappa shape index (κ1) is 16.8. The molecular formula is C10H20N2O3S2. The van der Waals surface area contributed by atoms with Crippen LogP contribution in [0.5, 0.6) is 0 Å². The minimum Gasteiger partial charge on any atom is -0.369 e. The molecule has 0 aromatic rings. The highest BCUT2D eigenvalue weighted by molar-refractivity contribution is 7.98. The minimum atomic E-state index is -0.636. The fraction of sp³-hybridized carbons (Fsp3) is 0.800. The Bertz CT molecular complexity index is 230. The second-order valence-corrected chi connectivity index (χ2v) is 5.42. The number of hydrogen-bond donors (Lipinski definition) is 2. The fourth-order valence-corrected chi connectivity index (χ4v) is 1.95. The van der Waals surface area contributed by atoms with E-state index < -0.39 is 18.1 Å². The summed E-state index contributed by atoms with van der Waals surface area (Å²) >= 11 is 3.25. The van der Waals surface area contributed by atoms with Gasteiger partial charge >= 0.3 is 5.97 Å². The lowest BCUT2D eigenvalue weighted by Crippen LogP contribution is -2.40. The second-order valence-electron chi connectivity index (χ2n) is 3.45. The van der Waals surface area contributed by atoms with Crippen LogP contribution in [-0.2, 0) is 14.4 Å². The molecule has 0 amide bonds. The Balaban J connectivity index is 3.82. The maximum absolute atomic E-state index is 11.4. The summed E-state index contributed by atoms with van der Waals surface area (Å²) in [6, 6.07) is -1.10. The van der Waals surface area contributed by atoms with Crippen molar-refractivity contribution < 1.29 is 14.4 Å². The van der Waals surface area contributed by atoms with E-state index in [1.165, 1.54) is 0 Å². The molecule has 17 heavy (non-hydrogen) atoms. The Morgan fingerprint density at radius 2 is 1.94 bits per heavy atom. The average molecular weight is 280 g/mol. The Morgan fingerprint density at radius 1 is 1.35 bits per heavy atom. The highest BCUT2D eigenvalue weighted by Crippen LogP contribution is 2.01. The van der Waals surface area contributed by atoms with Crippen molar-refractivity contribution in [1.82, 2.24) is 5.48 Å². The third kappa shape index (κ3) is 8.48. The molecule has 0 saturated heterocycles. The van der Waals surface area contributed by atoms with Gasteiger partial charge in [-0.3, -0.25) is 0 Å². The van der Waals surface area contributed by atoms with E-state index in [2.05, 4.69) is 5.48 Å². The van der Waals surface area contributed by atoms with Crippen LogP contribution in [0.25, 0.3) is 0 Å². The lowest BCUT2D eigenvalue weighted by atomic mass is 10.2. The maximum atomic E-state index is 11.4. The van der Waals surface area contributed by atoms with Crippen molar-refractivity contribution in [2.75, 3.05) is 24.0 Å². The highest BCUT2D eigenvalue weighted by Gasteiger charge is 2.16. The zero-order chi connectivity index (χ0) is 13.1. The number of carbonyl (C=O) groups is 2. The van der Waals surface area contributed by atoms with Crippen molar-refractivity contribution in [2.24, 2.45) is 5.73 Å². The molecule has 0 bridgehead atoms. The topological polar surface area (TPSA) is 81.4 Å². The molecule has 0 radical (unpaired) electrons. The molecule has 2 atom stereocenters. The molecule has 0 saturated carbocycles. The molecule has 3 N–H and O–H groups in total. The van der Waals surface area contributed by atoms with E-state index in [0.29, 0.717) is 12.8 Å². The van der Waals surface area contributed by atoms with Crippen LogP contribution < -0.4 is 11.2 Å². The van der Waals surface area contributed by atoms with Crippen LogP contribution in [0.15, 0.2) is 0 Å². The third-order valence-corrected chi connectivity index (χ3v) is 3.33. The summed E-state index contributed by atoms with van der Waals surface area (Å²) in [7, 11) is 0. The van der Waals surface area contributed by atoms with E-state index >= 15 is 0 Å². The third-order valence-electron chi connectivity index (χ3n) is 2.04. The van der Waals surface area contributed by atoms with Crippen molar-refractivity contribution in [3.63, 3.8) is 0 Å². The molecule has 100 valence electrons. The minimum absolute atomic E-state index is 0.459. The van der Waals surface area contributed by atoms with Crippen LogP contribution in [0.3, 0.4) is 0 Å². The molecule has 0 spiro atoms. The van der Waals surface area contributed by atoms with Gasteiger partial charge in [0, 0.05) is 0 Å². The van der Waals surface area contributed by atoms with Crippen LogP contribution >= 0.6 is 23.5 Å². The maximum Gasteiger partial charge on any atom is 0.341 e. The first-order valence-electron chi connectivity index (χ1n) is 5.30. The average Bonchev–Trinajstić information content (AvgIpc) is 2.35. The van der Waals surface area contributed by atoms with Gasteiger partial charge in [0.15, 0.2) is 0 Å². The van der Waals surface area contributed by atoms with E-state index in [1.54, 1.807) is 23.5 Å². The standard InChI is InChI=1S/C10H20N2O3S2/c1-16-5-3-8(7-13)12-15-10(14)9(11)4-6-17-2/h7-9,12H,3-6,11H2,1-2H3/t8-,9+/m1/s1. The Morgan fingerprint density at radius 3 is 2.47 bits per heavy atom. The summed E-state index contributed by atoms with van der Waals surface area (Å²) < 4.78 is 0. The first-order chi connectivity index (χ1) is 8.15. The number of thioether (sulfide) groups is 2. The molecule has 0 aliphatic rings. The quantitative estimate of drug-likeness (QED) is 0.444. The Kier molecular flexibility index (Phi) is 10.7. The molecule has 0 aliphatic heterocycles. The van der Waals surface area contributed by atoms with Crippen molar-refractivity contribution in [1.29, 1.82) is 0 Å². The van der Waals surface area contributed by atoms with Crippen LogP contribution in [-0.4, -0.2) is 48.4 Å². The van der Waals surface area contributed by atoms with E-state index in [4.69, 9.17) is 10.6 Å². The lowest BCUT2D eigenvalue weighted by Gasteiger charge is -2.14. The van der Waals surface area contributed by atoms with E-state index in [1.807, 2.05) is 12.5 Å². The number of hydrogen-bond acceptors (Lipinski definition) is 7. The molecule has 0 fully saturated rings. The lowest BCUT2D eigenvalue weighted by molar-refractivity contribution is -0.155. The molecule has 0 unspecified atom stereocenters. The molecule has 0 aliphatic carbocycles. The van der Waals surface area contributed by atoms with Gasteiger partial charge in [0.25, 0.3) is 0 Å². The van der Waals surface area contributed by atoms with Gasteiger partial charge in [-0.25, -0.2) is 4.79 Å². The number of carbonyl (C=O) groups excluding carboxylic acids is 2. The SMILES string of the molecule is CSCC[C@H](C=O)NOC(=O)[C@@H](N)CCSC. The summed E-state index contributed by atoms with van der Waals surface area (Å²) in [5.41, 5.74) is 8.05. The van der Waals surface area contributed by atoms with Crippen LogP contribution in [0, 0.1) is 0 Å². The normalized spacial score (nSPS) is 14.1. The fourth-order valence-electron chi connectivity index (χ4n) is 0.972. The van der Waals surface area contributed by atoms with E-state index in [9.17, 15) is 9.59 Å². The van der Waals surface area contributed by atoms with Crippen molar-refractivity contribution >= 4 is 35.8 Å². The molecular weight excluding hydrogens is 260 g/mol. The van der Waals surface area contributed by atoms with Crippen LogP contribution in [0.4, 0.5) is 0 Å². The van der Waals surface area contributed by atoms with Gasteiger partial charge in [-0.1, -0.05) is 0 Å². The van der Waals surface area contributed by atoms with Crippen LogP contribution in [0.2, 0.25) is 0 Å². The number of nitrogens with one attached hydrogen (secondary N) is 1.